The van der Waals surface area contributed by atoms with Gasteiger partial charge in [-0.3, -0.25) is 0 Å². The summed E-state index contributed by atoms with van der Waals surface area (Å²) >= 11 is 6.10. The standard InChI is InChI=1S/C19H19ClFN3O2.ClH/c1-12(22-2)10-17-23-19(26-24-17)18(13-6-4-3-5-7-13)25-16-9-8-14(21)11-15(16)20;/h3-9,11-12,18,22H,10H2,1-2H3;1H. The number of nitrogens with one attached hydrogen (secondary N) is 1. The molecule has 1 aromatic heterocycles. The van der Waals surface area contributed by atoms with E-state index in [1.807, 2.05) is 44.3 Å². The summed E-state index contributed by atoms with van der Waals surface area (Å²) in [6, 6.07) is 13.6. The van der Waals surface area contributed by atoms with E-state index in [0.717, 1.165) is 5.56 Å². The zero-order valence-electron chi connectivity index (χ0n) is 14.9. The summed E-state index contributed by atoms with van der Waals surface area (Å²) in [5, 5.41) is 7.34. The van der Waals surface area contributed by atoms with Crippen molar-refractivity contribution >= 4 is 24.0 Å². The zero-order chi connectivity index (χ0) is 18.5. The lowest BCUT2D eigenvalue weighted by Gasteiger charge is -2.17. The van der Waals surface area contributed by atoms with Gasteiger partial charge in [0.05, 0.1) is 5.02 Å². The summed E-state index contributed by atoms with van der Waals surface area (Å²) in [5.74, 6) is 0.802. The second-order valence-corrected chi connectivity index (χ2v) is 6.33. The number of nitrogens with zero attached hydrogens (tertiary/aromatic N) is 2. The van der Waals surface area contributed by atoms with Crippen LogP contribution in [0.4, 0.5) is 4.39 Å². The van der Waals surface area contributed by atoms with Gasteiger partial charge < -0.3 is 14.6 Å². The Labute approximate surface area is 168 Å². The summed E-state index contributed by atoms with van der Waals surface area (Å²) in [6.07, 6.45) is -0.0240. The molecule has 0 aliphatic heterocycles. The molecule has 0 amide bonds. The van der Waals surface area contributed by atoms with Gasteiger partial charge in [-0.05, 0) is 32.2 Å². The molecule has 1 heterocycles. The van der Waals surface area contributed by atoms with Crippen molar-refractivity contribution in [2.24, 2.45) is 0 Å². The van der Waals surface area contributed by atoms with Crippen LogP contribution >= 0.6 is 24.0 Å². The topological polar surface area (TPSA) is 60.2 Å². The fourth-order valence-corrected chi connectivity index (χ4v) is 2.63. The second kappa shape index (κ2) is 9.69. The molecule has 3 rings (SSSR count). The number of benzene rings is 2. The Balaban J connectivity index is 0.00000261. The van der Waals surface area contributed by atoms with Gasteiger partial charge in [0.15, 0.2) is 5.82 Å². The van der Waals surface area contributed by atoms with E-state index in [4.69, 9.17) is 20.9 Å². The highest BCUT2D eigenvalue weighted by Gasteiger charge is 2.24. The largest absolute Gasteiger partial charge is 0.474 e. The van der Waals surface area contributed by atoms with Gasteiger partial charge in [-0.2, -0.15) is 4.98 Å². The quantitative estimate of drug-likeness (QED) is 0.615. The van der Waals surface area contributed by atoms with Gasteiger partial charge in [0.25, 0.3) is 5.89 Å². The molecule has 0 fully saturated rings. The second-order valence-electron chi connectivity index (χ2n) is 5.93. The van der Waals surface area contributed by atoms with Crippen LogP contribution in [0.3, 0.4) is 0 Å². The number of likely N-dealkylation sites (N-methyl/N-ethyl adjacent to an activating group) is 1. The lowest BCUT2D eigenvalue weighted by Crippen LogP contribution is -2.24. The number of rotatable bonds is 7. The van der Waals surface area contributed by atoms with Gasteiger partial charge in [-0.1, -0.05) is 47.1 Å². The van der Waals surface area contributed by atoms with Crippen molar-refractivity contribution in [1.82, 2.24) is 15.5 Å². The maximum absolute atomic E-state index is 13.3. The number of hydrogen-bond donors (Lipinski definition) is 1. The highest BCUT2D eigenvalue weighted by atomic mass is 35.5. The maximum atomic E-state index is 13.3. The highest BCUT2D eigenvalue weighted by Crippen LogP contribution is 2.32. The van der Waals surface area contributed by atoms with E-state index in [-0.39, 0.29) is 23.5 Å². The zero-order valence-corrected chi connectivity index (χ0v) is 16.4. The van der Waals surface area contributed by atoms with Crippen molar-refractivity contribution in [3.8, 4) is 5.75 Å². The summed E-state index contributed by atoms with van der Waals surface area (Å²) in [7, 11) is 1.87. The average molecular weight is 412 g/mol. The molecule has 0 spiro atoms. The van der Waals surface area contributed by atoms with Gasteiger partial charge >= 0.3 is 0 Å². The molecule has 3 aromatic rings. The van der Waals surface area contributed by atoms with E-state index in [1.54, 1.807) is 0 Å². The van der Waals surface area contributed by atoms with Gasteiger partial charge in [0, 0.05) is 18.0 Å². The normalized spacial score (nSPS) is 12.9. The number of halogens is 3. The van der Waals surface area contributed by atoms with Crippen LogP contribution in [-0.4, -0.2) is 23.2 Å². The number of aromatic nitrogens is 2. The summed E-state index contributed by atoms with van der Waals surface area (Å²) in [6.45, 7) is 2.03. The SMILES string of the molecule is CNC(C)Cc1noc(C(Oc2ccc(F)cc2Cl)c2ccccc2)n1.Cl. The lowest BCUT2D eigenvalue weighted by molar-refractivity contribution is 0.193. The van der Waals surface area contributed by atoms with E-state index in [1.165, 1.54) is 18.2 Å². The van der Waals surface area contributed by atoms with Crippen molar-refractivity contribution < 1.29 is 13.7 Å². The highest BCUT2D eigenvalue weighted by molar-refractivity contribution is 6.32. The van der Waals surface area contributed by atoms with Crippen molar-refractivity contribution in [2.45, 2.75) is 25.5 Å². The molecule has 0 bridgehead atoms. The number of hydrogen-bond acceptors (Lipinski definition) is 5. The molecule has 8 heteroatoms. The van der Waals surface area contributed by atoms with Crippen LogP contribution in [0.1, 0.15) is 30.3 Å². The van der Waals surface area contributed by atoms with E-state index < -0.39 is 11.9 Å². The summed E-state index contributed by atoms with van der Waals surface area (Å²) < 4.78 is 24.7. The van der Waals surface area contributed by atoms with Crippen molar-refractivity contribution in [2.75, 3.05) is 7.05 Å². The van der Waals surface area contributed by atoms with Crippen LogP contribution in [0.5, 0.6) is 5.75 Å². The minimum absolute atomic E-state index is 0. The van der Waals surface area contributed by atoms with Crippen molar-refractivity contribution in [3.05, 3.63) is 76.6 Å². The minimum atomic E-state index is -0.648. The van der Waals surface area contributed by atoms with Crippen molar-refractivity contribution in [3.63, 3.8) is 0 Å². The van der Waals surface area contributed by atoms with Crippen LogP contribution < -0.4 is 10.1 Å². The Morgan fingerprint density at radius 2 is 1.96 bits per heavy atom. The molecule has 2 aromatic carbocycles. The maximum Gasteiger partial charge on any atom is 0.272 e. The van der Waals surface area contributed by atoms with Crippen LogP contribution in [0.15, 0.2) is 53.1 Å². The molecule has 0 aliphatic rings. The molecule has 1 N–H and O–H groups in total. The first-order valence-electron chi connectivity index (χ1n) is 8.23. The molecule has 0 aliphatic carbocycles. The molecule has 0 saturated carbocycles. The fraction of sp³-hybridized carbons (Fsp3) is 0.263. The first kappa shape index (κ1) is 21.2. The predicted octanol–water partition coefficient (Wildman–Crippen LogP) is 4.60. The van der Waals surface area contributed by atoms with Gasteiger partial charge in [0.1, 0.15) is 11.6 Å². The molecular formula is C19H20Cl2FN3O2. The van der Waals surface area contributed by atoms with E-state index in [2.05, 4.69) is 15.5 Å². The van der Waals surface area contributed by atoms with Gasteiger partial charge in [0.2, 0.25) is 6.10 Å². The third kappa shape index (κ3) is 5.42. The Morgan fingerprint density at radius 3 is 2.63 bits per heavy atom. The molecule has 27 heavy (non-hydrogen) atoms. The molecular weight excluding hydrogens is 392 g/mol. The lowest BCUT2D eigenvalue weighted by atomic mass is 10.1. The predicted molar refractivity (Wildman–Crippen MR) is 104 cm³/mol. The minimum Gasteiger partial charge on any atom is -0.474 e. The fourth-order valence-electron chi connectivity index (χ4n) is 2.42. The van der Waals surface area contributed by atoms with Crippen LogP contribution in [0, 0.1) is 5.82 Å². The molecule has 2 unspecified atom stereocenters. The molecule has 0 radical (unpaired) electrons. The van der Waals surface area contributed by atoms with Crippen LogP contribution in [0.2, 0.25) is 5.02 Å². The van der Waals surface area contributed by atoms with Gasteiger partial charge in [-0.15, -0.1) is 12.4 Å². The van der Waals surface area contributed by atoms with E-state index in [0.29, 0.717) is 23.9 Å². The molecule has 5 nitrogen and oxygen atoms in total. The third-order valence-electron chi connectivity index (χ3n) is 3.93. The average Bonchev–Trinajstić information content (AvgIpc) is 3.09. The Morgan fingerprint density at radius 1 is 1.22 bits per heavy atom. The Hall–Kier alpha value is -2.15. The Kier molecular flexibility index (Phi) is 7.59. The summed E-state index contributed by atoms with van der Waals surface area (Å²) in [4.78, 5) is 4.46. The van der Waals surface area contributed by atoms with E-state index in [9.17, 15) is 4.39 Å². The van der Waals surface area contributed by atoms with Gasteiger partial charge in [-0.25, -0.2) is 4.39 Å². The first-order chi connectivity index (χ1) is 12.6. The molecule has 2 atom stereocenters. The Bertz CT molecular complexity index is 861. The molecule has 0 saturated heterocycles. The first-order valence-corrected chi connectivity index (χ1v) is 8.61. The van der Waals surface area contributed by atoms with Crippen LogP contribution in [-0.2, 0) is 6.42 Å². The smallest absolute Gasteiger partial charge is 0.272 e. The monoisotopic (exact) mass is 411 g/mol. The third-order valence-corrected chi connectivity index (χ3v) is 4.23. The van der Waals surface area contributed by atoms with Crippen molar-refractivity contribution in [1.29, 1.82) is 0 Å². The van der Waals surface area contributed by atoms with E-state index >= 15 is 0 Å². The summed E-state index contributed by atoms with van der Waals surface area (Å²) in [5.41, 5.74) is 0.824. The number of ether oxygens (including phenoxy) is 1. The molecule has 144 valence electrons. The van der Waals surface area contributed by atoms with Crippen LogP contribution in [0.25, 0.3) is 0 Å².